The van der Waals surface area contributed by atoms with Crippen molar-refractivity contribution in [1.82, 2.24) is 0 Å². The lowest BCUT2D eigenvalue weighted by molar-refractivity contribution is -0.384. The molecule has 0 saturated heterocycles. The van der Waals surface area contributed by atoms with E-state index in [4.69, 9.17) is 5.11 Å². The van der Waals surface area contributed by atoms with Crippen LogP contribution in [0.3, 0.4) is 0 Å². The number of benzene rings is 1. The Labute approximate surface area is 115 Å². The summed E-state index contributed by atoms with van der Waals surface area (Å²) < 4.78 is 0. The van der Waals surface area contributed by atoms with Crippen molar-refractivity contribution >= 4 is 17.6 Å². The van der Waals surface area contributed by atoms with E-state index >= 15 is 0 Å². The first-order chi connectivity index (χ1) is 9.33. The minimum atomic E-state index is -1.34. The van der Waals surface area contributed by atoms with Crippen molar-refractivity contribution in [2.24, 2.45) is 0 Å². The third-order valence-corrected chi connectivity index (χ3v) is 3.41. The first-order valence-corrected chi connectivity index (χ1v) is 6.03. The van der Waals surface area contributed by atoms with Crippen molar-refractivity contribution < 1.29 is 24.7 Å². The zero-order chi connectivity index (χ0) is 15.3. The Balaban J connectivity index is 3.18. The quantitative estimate of drug-likeness (QED) is 0.584. The zero-order valence-electron chi connectivity index (χ0n) is 10.9. The second-order valence-corrected chi connectivity index (χ2v) is 4.44. The summed E-state index contributed by atoms with van der Waals surface area (Å²) in [5.41, 5.74) is -1.10. The molecule has 1 atom stereocenters. The Morgan fingerprint density at radius 1 is 1.25 bits per heavy atom. The van der Waals surface area contributed by atoms with E-state index in [0.29, 0.717) is 5.56 Å². The second kappa shape index (κ2) is 6.14. The molecule has 0 aromatic heterocycles. The van der Waals surface area contributed by atoms with Gasteiger partial charge >= 0.3 is 11.9 Å². The molecule has 0 aliphatic rings. The summed E-state index contributed by atoms with van der Waals surface area (Å²) in [6.07, 6.45) is -0.142. The molecule has 0 aliphatic heterocycles. The Bertz CT molecular complexity index is 524. The molecule has 108 valence electrons. The first-order valence-electron chi connectivity index (χ1n) is 6.03. The van der Waals surface area contributed by atoms with E-state index in [2.05, 4.69) is 0 Å². The highest BCUT2D eigenvalue weighted by Gasteiger charge is 2.39. The maximum atomic E-state index is 11.6. The molecule has 0 aliphatic carbocycles. The molecule has 1 aromatic carbocycles. The normalized spacial score (nSPS) is 13.4. The summed E-state index contributed by atoms with van der Waals surface area (Å²) in [6, 6.07) is 5.20. The molecule has 0 radical (unpaired) electrons. The van der Waals surface area contributed by atoms with E-state index in [0.717, 1.165) is 0 Å². The molecule has 0 bridgehead atoms. The van der Waals surface area contributed by atoms with Gasteiger partial charge in [-0.15, -0.1) is 0 Å². The van der Waals surface area contributed by atoms with Crippen LogP contribution >= 0.6 is 0 Å². The summed E-state index contributed by atoms with van der Waals surface area (Å²) in [5.74, 6) is -2.21. The van der Waals surface area contributed by atoms with Crippen molar-refractivity contribution in [3.63, 3.8) is 0 Å². The number of nitrogens with zero attached hydrogens (tertiary/aromatic N) is 1. The molecular weight excluding hydrogens is 266 g/mol. The van der Waals surface area contributed by atoms with Gasteiger partial charge in [0.2, 0.25) is 0 Å². The number of nitro groups is 1. The van der Waals surface area contributed by atoms with Gasteiger partial charge in [0, 0.05) is 18.6 Å². The average molecular weight is 281 g/mol. The van der Waals surface area contributed by atoms with Gasteiger partial charge in [0.05, 0.1) is 10.3 Å². The monoisotopic (exact) mass is 281 g/mol. The number of hydrogen-bond donors (Lipinski definition) is 2. The van der Waals surface area contributed by atoms with Gasteiger partial charge in [-0.25, -0.2) is 0 Å². The van der Waals surface area contributed by atoms with Crippen molar-refractivity contribution in [1.29, 1.82) is 0 Å². The van der Waals surface area contributed by atoms with Gasteiger partial charge in [-0.1, -0.05) is 19.1 Å². The Kier molecular flexibility index (Phi) is 4.79. The fourth-order valence-corrected chi connectivity index (χ4v) is 2.13. The van der Waals surface area contributed by atoms with E-state index in [1.807, 2.05) is 0 Å². The number of aliphatic carboxylic acids is 2. The summed E-state index contributed by atoms with van der Waals surface area (Å²) >= 11 is 0. The van der Waals surface area contributed by atoms with Gasteiger partial charge in [0.1, 0.15) is 0 Å². The van der Waals surface area contributed by atoms with E-state index in [1.54, 1.807) is 6.92 Å². The third kappa shape index (κ3) is 3.11. The minimum absolute atomic E-state index is 0.0635. The lowest BCUT2D eigenvalue weighted by Gasteiger charge is -2.28. The third-order valence-electron chi connectivity index (χ3n) is 3.41. The van der Waals surface area contributed by atoms with Gasteiger partial charge in [0.15, 0.2) is 0 Å². The van der Waals surface area contributed by atoms with Crippen LogP contribution in [0.25, 0.3) is 0 Å². The lowest BCUT2D eigenvalue weighted by atomic mass is 9.74. The number of carbonyl (C=O) groups is 2. The van der Waals surface area contributed by atoms with Gasteiger partial charge in [-0.05, 0) is 18.4 Å². The van der Waals surface area contributed by atoms with Crippen LogP contribution in [0, 0.1) is 10.1 Å². The molecule has 20 heavy (non-hydrogen) atoms. The van der Waals surface area contributed by atoms with E-state index in [9.17, 15) is 24.8 Å². The predicted molar refractivity (Wildman–Crippen MR) is 69.6 cm³/mol. The highest BCUT2D eigenvalue weighted by atomic mass is 16.6. The fraction of sp³-hybridized carbons (Fsp3) is 0.385. The van der Waals surface area contributed by atoms with Crippen LogP contribution in [0.2, 0.25) is 0 Å². The van der Waals surface area contributed by atoms with Crippen LogP contribution in [0.15, 0.2) is 24.3 Å². The van der Waals surface area contributed by atoms with E-state index in [-0.39, 0.29) is 24.9 Å². The molecule has 7 heteroatoms. The number of hydrogen-bond acceptors (Lipinski definition) is 4. The number of rotatable bonds is 7. The maximum absolute atomic E-state index is 11.6. The van der Waals surface area contributed by atoms with Crippen LogP contribution in [0.4, 0.5) is 5.69 Å². The van der Waals surface area contributed by atoms with Gasteiger partial charge < -0.3 is 10.2 Å². The van der Waals surface area contributed by atoms with Gasteiger partial charge in [-0.3, -0.25) is 19.7 Å². The maximum Gasteiger partial charge on any atom is 0.314 e. The summed E-state index contributed by atoms with van der Waals surface area (Å²) in [6.45, 7) is 1.65. The predicted octanol–water partition coefficient (Wildman–Crippen LogP) is 2.19. The van der Waals surface area contributed by atoms with E-state index < -0.39 is 22.3 Å². The topological polar surface area (TPSA) is 118 Å². The molecule has 1 rings (SSSR count). The highest BCUT2D eigenvalue weighted by Crippen LogP contribution is 2.34. The Hall–Kier alpha value is -2.44. The lowest BCUT2D eigenvalue weighted by Crippen LogP contribution is -2.35. The van der Waals surface area contributed by atoms with Crippen molar-refractivity contribution in [3.8, 4) is 0 Å². The molecule has 0 saturated carbocycles. The molecule has 0 amide bonds. The molecule has 0 fully saturated rings. The van der Waals surface area contributed by atoms with Crippen molar-refractivity contribution in [3.05, 3.63) is 39.9 Å². The number of carboxylic acids is 2. The SMILES string of the molecule is CCC(CCC(=O)O)(C(=O)O)c1ccc([N+](=O)[O-])cc1. The van der Waals surface area contributed by atoms with Crippen LogP contribution in [0.1, 0.15) is 31.7 Å². The largest absolute Gasteiger partial charge is 0.481 e. The molecule has 0 heterocycles. The molecular formula is C13H15NO6. The van der Waals surface area contributed by atoms with Gasteiger partial charge in [0.25, 0.3) is 5.69 Å². The summed E-state index contributed by atoms with van der Waals surface area (Å²) in [5, 5.41) is 28.8. The molecule has 0 spiro atoms. The van der Waals surface area contributed by atoms with Crippen molar-refractivity contribution in [2.75, 3.05) is 0 Å². The highest BCUT2D eigenvalue weighted by molar-refractivity contribution is 5.82. The van der Waals surface area contributed by atoms with E-state index in [1.165, 1.54) is 24.3 Å². The second-order valence-electron chi connectivity index (χ2n) is 4.44. The first kappa shape index (κ1) is 15.6. The van der Waals surface area contributed by atoms with Crippen LogP contribution < -0.4 is 0 Å². The number of nitro benzene ring substituents is 1. The zero-order valence-corrected chi connectivity index (χ0v) is 10.9. The van der Waals surface area contributed by atoms with Crippen LogP contribution in [0.5, 0.6) is 0 Å². The molecule has 1 aromatic rings. The van der Waals surface area contributed by atoms with Crippen molar-refractivity contribution in [2.45, 2.75) is 31.6 Å². The summed E-state index contributed by atoms with van der Waals surface area (Å²) in [7, 11) is 0. The van der Waals surface area contributed by atoms with Gasteiger partial charge in [-0.2, -0.15) is 0 Å². The average Bonchev–Trinajstić information content (AvgIpc) is 2.39. The molecule has 1 unspecified atom stereocenters. The Morgan fingerprint density at radius 2 is 1.80 bits per heavy atom. The molecule has 2 N–H and O–H groups in total. The minimum Gasteiger partial charge on any atom is -0.481 e. The standard InChI is InChI=1S/C13H15NO6/c1-2-13(12(17)18,8-7-11(15)16)9-3-5-10(6-4-9)14(19)20/h3-6H,2,7-8H2,1H3,(H,15,16)(H,17,18). The smallest absolute Gasteiger partial charge is 0.314 e. The van der Waals surface area contributed by atoms with Crippen LogP contribution in [-0.4, -0.2) is 27.1 Å². The number of carboxylic acid groups (broad SMARTS) is 2. The summed E-state index contributed by atoms with van der Waals surface area (Å²) in [4.78, 5) is 32.3. The van der Waals surface area contributed by atoms with Crippen LogP contribution in [-0.2, 0) is 15.0 Å². The molecule has 7 nitrogen and oxygen atoms in total. The fourth-order valence-electron chi connectivity index (χ4n) is 2.13. The Morgan fingerprint density at radius 3 is 2.15 bits per heavy atom. The number of non-ortho nitro benzene ring substituents is 1.